The van der Waals surface area contributed by atoms with Crippen molar-refractivity contribution in [3.8, 4) is 11.8 Å². The molecule has 1 heterocycles. The van der Waals surface area contributed by atoms with Crippen molar-refractivity contribution in [3.05, 3.63) is 81.4 Å². The minimum absolute atomic E-state index is 0.122. The number of ether oxygens (including phenoxy) is 1. The first-order valence-corrected chi connectivity index (χ1v) is 10.6. The Hall–Kier alpha value is -3.55. The fourth-order valence-corrected chi connectivity index (χ4v) is 3.67. The van der Waals surface area contributed by atoms with Gasteiger partial charge in [-0.15, -0.1) is 11.8 Å². The number of allylic oxidation sites excluding steroid dienone is 1. The van der Waals surface area contributed by atoms with Crippen molar-refractivity contribution in [2.75, 3.05) is 25.3 Å². The zero-order chi connectivity index (χ0) is 22.5. The van der Waals surface area contributed by atoms with Gasteiger partial charge in [-0.05, 0) is 24.0 Å². The van der Waals surface area contributed by atoms with Gasteiger partial charge in [0.1, 0.15) is 5.71 Å². The van der Waals surface area contributed by atoms with Gasteiger partial charge in [0.2, 0.25) is 0 Å². The molecule has 0 bridgehead atoms. The average molecular weight is 439 g/mol. The number of nitrogens with two attached hydrogens (primary N) is 1. The molecule has 31 heavy (non-hydrogen) atoms. The second kappa shape index (κ2) is 9.51. The van der Waals surface area contributed by atoms with Crippen LogP contribution in [-0.4, -0.2) is 41.5 Å². The maximum Gasteiger partial charge on any atom is 0.351 e. The molecule has 0 saturated carbocycles. The van der Waals surface area contributed by atoms with Gasteiger partial charge in [0.15, 0.2) is 11.2 Å². The maximum atomic E-state index is 12.1. The Balaban J connectivity index is 2.12. The zero-order valence-electron chi connectivity index (χ0n) is 17.3. The summed E-state index contributed by atoms with van der Waals surface area (Å²) in [5.41, 5.74) is 1.27. The van der Waals surface area contributed by atoms with Crippen LogP contribution in [0.1, 0.15) is 11.1 Å². The third-order valence-corrected chi connectivity index (χ3v) is 5.35. The van der Waals surface area contributed by atoms with E-state index in [1.54, 1.807) is 17.0 Å². The molecule has 0 aromatic heterocycles. The lowest BCUT2D eigenvalue weighted by Gasteiger charge is -2.31. The van der Waals surface area contributed by atoms with E-state index in [0.29, 0.717) is 11.3 Å². The Morgan fingerprint density at radius 3 is 2.61 bits per heavy atom. The topological polar surface area (TPSA) is 121 Å². The molecule has 3 rings (SSSR count). The number of anilines is 1. The van der Waals surface area contributed by atoms with Crippen LogP contribution in [0.3, 0.4) is 0 Å². The van der Waals surface area contributed by atoms with E-state index in [2.05, 4.69) is 11.1 Å². The lowest BCUT2D eigenvalue weighted by Crippen LogP contribution is -2.45. The summed E-state index contributed by atoms with van der Waals surface area (Å²) in [4.78, 5) is 17.8. The maximum absolute atomic E-state index is 12.1. The minimum atomic E-state index is -0.598. The van der Waals surface area contributed by atoms with Gasteiger partial charge in [-0.2, -0.15) is 5.26 Å². The molecule has 0 saturated heterocycles. The number of hydrogen-bond donors (Lipinski definition) is 1. The van der Waals surface area contributed by atoms with E-state index in [0.717, 1.165) is 10.6 Å². The van der Waals surface area contributed by atoms with Crippen molar-refractivity contribution in [1.29, 1.82) is 5.26 Å². The van der Waals surface area contributed by atoms with E-state index >= 15 is 0 Å². The summed E-state index contributed by atoms with van der Waals surface area (Å²) in [6.07, 6.45) is 2.07. The summed E-state index contributed by atoms with van der Waals surface area (Å²) in [6, 6.07) is 16.3. The van der Waals surface area contributed by atoms with Crippen LogP contribution in [0.2, 0.25) is 0 Å². The third kappa shape index (κ3) is 4.79. The van der Waals surface area contributed by atoms with Gasteiger partial charge < -0.3 is 9.64 Å². The summed E-state index contributed by atoms with van der Waals surface area (Å²) >= 11 is 1.33. The second-order valence-electron chi connectivity index (χ2n) is 6.91. The molecule has 2 aromatic rings. The smallest absolute Gasteiger partial charge is 0.351 e. The van der Waals surface area contributed by atoms with Crippen LogP contribution in [0.15, 0.2) is 65.1 Å². The fraction of sp³-hybridized carbons (Fsp3) is 0.238. The van der Waals surface area contributed by atoms with Gasteiger partial charge in [-0.25, -0.2) is 15.8 Å². The highest BCUT2D eigenvalue weighted by Gasteiger charge is 2.38. The van der Waals surface area contributed by atoms with Crippen LogP contribution in [-0.2, 0) is 6.42 Å². The van der Waals surface area contributed by atoms with Crippen molar-refractivity contribution < 1.29 is 9.66 Å². The molecular weight excluding hydrogens is 416 g/mol. The lowest BCUT2D eigenvalue weighted by molar-refractivity contribution is -0.419. The van der Waals surface area contributed by atoms with Crippen molar-refractivity contribution in [2.24, 2.45) is 10.8 Å². The zero-order valence-corrected chi connectivity index (χ0v) is 18.2. The summed E-state index contributed by atoms with van der Waals surface area (Å²) in [6.45, 7) is 0. The molecule has 1 atom stereocenters. The number of rotatable bonds is 7. The number of nitriles is 1. The fourth-order valence-electron chi connectivity index (χ4n) is 3.11. The molecule has 9 nitrogen and oxygen atoms in total. The average Bonchev–Trinajstić information content (AvgIpc) is 2.75. The van der Waals surface area contributed by atoms with E-state index in [1.807, 2.05) is 50.7 Å². The van der Waals surface area contributed by atoms with Crippen molar-refractivity contribution in [2.45, 2.75) is 11.9 Å². The molecule has 0 spiro atoms. The monoisotopic (exact) mass is 438 g/mol. The number of nitrogens with zero attached hydrogens (tertiary/aromatic N) is 5. The van der Waals surface area contributed by atoms with Crippen LogP contribution in [0.5, 0.6) is 5.75 Å². The van der Waals surface area contributed by atoms with Gasteiger partial charge in [-0.1, -0.05) is 30.3 Å². The van der Waals surface area contributed by atoms with Crippen LogP contribution in [0.25, 0.3) is 0 Å². The van der Waals surface area contributed by atoms with Gasteiger partial charge in [0.05, 0.1) is 22.2 Å². The van der Waals surface area contributed by atoms with E-state index < -0.39 is 10.4 Å². The minimum Gasteiger partial charge on any atom is -0.432 e. The van der Waals surface area contributed by atoms with Crippen LogP contribution in [0.4, 0.5) is 5.69 Å². The Morgan fingerprint density at radius 1 is 1.32 bits per heavy atom. The van der Waals surface area contributed by atoms with Crippen LogP contribution >= 0.6 is 11.8 Å². The first kappa shape index (κ1) is 22.1. The molecule has 160 valence electrons. The third-order valence-electron chi connectivity index (χ3n) is 4.60. The predicted octanol–water partition coefficient (Wildman–Crippen LogP) is 2.97. The van der Waals surface area contributed by atoms with Crippen LogP contribution < -0.4 is 15.5 Å². The van der Waals surface area contributed by atoms with Crippen molar-refractivity contribution in [3.63, 3.8) is 0 Å². The first-order chi connectivity index (χ1) is 14.8. The van der Waals surface area contributed by atoms with E-state index in [-0.39, 0.29) is 29.5 Å². The summed E-state index contributed by atoms with van der Waals surface area (Å²) < 4.78 is 6.03. The van der Waals surface area contributed by atoms with E-state index in [4.69, 9.17) is 10.6 Å². The van der Waals surface area contributed by atoms with Gasteiger partial charge >= 0.3 is 5.70 Å². The number of hydrazine groups is 1. The normalized spacial score (nSPS) is 15.9. The highest BCUT2D eigenvalue weighted by Crippen LogP contribution is 2.34. The second-order valence-corrected chi connectivity index (χ2v) is 7.80. The highest BCUT2D eigenvalue weighted by molar-refractivity contribution is 7.99. The summed E-state index contributed by atoms with van der Waals surface area (Å²) in [5.74, 6) is 6.37. The number of hydrogen-bond acceptors (Lipinski definition) is 9. The molecule has 0 fully saturated rings. The molecule has 2 aromatic carbocycles. The standard InChI is InChI=1S/C21H22N6O3S/c1-25(2)17-10-9-15(13-22)12-18(17)30-20-19(27(28)29)16(24-21(31-3)26(20)23)11-14-7-5-4-6-8-14/h4-10,12,21H,11,23H2,1-3H3. The molecule has 1 aliphatic rings. The number of nitro groups is 1. The highest BCUT2D eigenvalue weighted by atomic mass is 32.2. The first-order valence-electron chi connectivity index (χ1n) is 9.31. The lowest BCUT2D eigenvalue weighted by atomic mass is 10.1. The molecular formula is C21H22N6O3S. The Bertz CT molecular complexity index is 1080. The van der Waals surface area contributed by atoms with E-state index in [9.17, 15) is 15.4 Å². The Labute approximate surface area is 184 Å². The number of thioether (sulfide) groups is 1. The van der Waals surface area contributed by atoms with E-state index in [1.165, 1.54) is 17.8 Å². The predicted molar refractivity (Wildman–Crippen MR) is 121 cm³/mol. The molecule has 0 radical (unpaired) electrons. The SMILES string of the molecule is CSC1N=C(Cc2ccccc2)C([N+](=O)[O-])=C(Oc2cc(C#N)ccc2N(C)C)N1N. The number of benzene rings is 2. The molecule has 0 amide bonds. The molecule has 2 N–H and O–H groups in total. The van der Waals surface area contributed by atoms with Crippen molar-refractivity contribution >= 4 is 23.2 Å². The molecule has 10 heteroatoms. The number of aliphatic imine (C=N–C) groups is 1. The Morgan fingerprint density at radius 2 is 2.03 bits per heavy atom. The van der Waals surface area contributed by atoms with Crippen molar-refractivity contribution in [1.82, 2.24) is 5.01 Å². The molecule has 1 unspecified atom stereocenters. The van der Waals surface area contributed by atoms with Gasteiger partial charge in [-0.3, -0.25) is 10.1 Å². The van der Waals surface area contributed by atoms with Gasteiger partial charge in [0, 0.05) is 26.6 Å². The molecule has 1 aliphatic heterocycles. The summed E-state index contributed by atoms with van der Waals surface area (Å²) in [5, 5.41) is 22.5. The van der Waals surface area contributed by atoms with Crippen LogP contribution in [0, 0.1) is 21.4 Å². The van der Waals surface area contributed by atoms with Gasteiger partial charge in [0.25, 0.3) is 5.88 Å². The summed E-state index contributed by atoms with van der Waals surface area (Å²) in [7, 11) is 3.62. The quantitative estimate of drug-likeness (QED) is 0.398. The molecule has 0 aliphatic carbocycles. The Kier molecular flexibility index (Phi) is 6.79. The largest absolute Gasteiger partial charge is 0.432 e.